The number of anilines is 1. The van der Waals surface area contributed by atoms with E-state index in [0.29, 0.717) is 13.1 Å². The van der Waals surface area contributed by atoms with Crippen LogP contribution in [0.2, 0.25) is 0 Å². The van der Waals surface area contributed by atoms with Crippen LogP contribution in [-0.4, -0.2) is 65.3 Å². The van der Waals surface area contributed by atoms with Gasteiger partial charge in [-0.3, -0.25) is 23.6 Å². The van der Waals surface area contributed by atoms with E-state index < -0.39 is 27.1 Å². The summed E-state index contributed by atoms with van der Waals surface area (Å²) in [5.41, 5.74) is 6.17. The molecule has 1 fully saturated rings. The summed E-state index contributed by atoms with van der Waals surface area (Å²) < 4.78 is 28.9. The quantitative estimate of drug-likeness (QED) is 0.436. The van der Waals surface area contributed by atoms with Crippen LogP contribution < -0.4 is 17.0 Å². The molecule has 1 saturated heterocycles. The number of carbonyl (C=O) groups is 1. The molecule has 3 aromatic rings. The Kier molecular flexibility index (Phi) is 7.86. The molecule has 2 heterocycles. The predicted molar refractivity (Wildman–Crippen MR) is 143 cm³/mol. The Labute approximate surface area is 214 Å². The highest BCUT2D eigenvalue weighted by molar-refractivity contribution is 7.92. The van der Waals surface area contributed by atoms with Gasteiger partial charge in [-0.2, -0.15) is 4.31 Å². The third-order valence-electron chi connectivity index (χ3n) is 6.34. The Morgan fingerprint density at radius 2 is 1.54 bits per heavy atom. The number of rotatable bonds is 8. The SMILES string of the molecule is Cn1c(=O)c(C(=O)CN2CCN(S(=O)(=O)/C=C/c3ccccc3)CC2)c(N)n(Cc2ccccc2)c1=O. The average Bonchev–Trinajstić information content (AvgIpc) is 2.90. The highest BCUT2D eigenvalue weighted by Crippen LogP contribution is 2.14. The highest BCUT2D eigenvalue weighted by Gasteiger charge is 2.28. The Morgan fingerprint density at radius 1 is 0.946 bits per heavy atom. The second-order valence-electron chi connectivity index (χ2n) is 8.84. The number of ketones is 1. The van der Waals surface area contributed by atoms with Gasteiger partial charge >= 0.3 is 5.69 Å². The van der Waals surface area contributed by atoms with Crippen molar-refractivity contribution in [2.24, 2.45) is 7.05 Å². The Morgan fingerprint density at radius 3 is 2.16 bits per heavy atom. The van der Waals surface area contributed by atoms with Gasteiger partial charge in [-0.05, 0) is 17.2 Å². The molecule has 2 aromatic carbocycles. The van der Waals surface area contributed by atoms with Crippen LogP contribution in [0.5, 0.6) is 0 Å². The molecule has 0 aliphatic carbocycles. The van der Waals surface area contributed by atoms with Crippen molar-refractivity contribution in [2.75, 3.05) is 38.5 Å². The third kappa shape index (κ3) is 5.96. The van der Waals surface area contributed by atoms with Gasteiger partial charge in [0.2, 0.25) is 10.0 Å². The summed E-state index contributed by atoms with van der Waals surface area (Å²) in [6.45, 7) is 1.04. The van der Waals surface area contributed by atoms with Crippen molar-refractivity contribution in [3.05, 3.63) is 104 Å². The normalized spacial score (nSPS) is 15.3. The lowest BCUT2D eigenvalue weighted by molar-refractivity contribution is 0.0900. The first-order chi connectivity index (χ1) is 17.7. The fourth-order valence-corrected chi connectivity index (χ4v) is 5.38. The standard InChI is InChI=1S/C26H29N5O5S/c1-28-25(33)23(24(27)31(26(28)34)18-21-10-6-3-7-11-21)22(32)19-29-13-15-30(16-14-29)37(35,36)17-12-20-8-4-2-5-9-20/h2-12,17H,13-16,18-19,27H2,1H3/b17-12+. The van der Waals surface area contributed by atoms with E-state index in [-0.39, 0.29) is 37.6 Å². The van der Waals surface area contributed by atoms with E-state index in [0.717, 1.165) is 15.7 Å². The van der Waals surface area contributed by atoms with E-state index in [1.807, 2.05) is 60.7 Å². The minimum absolute atomic E-state index is 0.114. The molecule has 0 spiro atoms. The lowest BCUT2D eigenvalue weighted by Crippen LogP contribution is -2.50. The van der Waals surface area contributed by atoms with Gasteiger partial charge in [0.05, 0.1) is 13.1 Å². The first kappa shape index (κ1) is 26.3. The van der Waals surface area contributed by atoms with Crippen molar-refractivity contribution in [3.63, 3.8) is 0 Å². The van der Waals surface area contributed by atoms with Crippen molar-refractivity contribution in [3.8, 4) is 0 Å². The summed E-state index contributed by atoms with van der Waals surface area (Å²) in [6, 6.07) is 18.3. The van der Waals surface area contributed by atoms with Crippen molar-refractivity contribution in [1.82, 2.24) is 18.3 Å². The molecular formula is C26H29N5O5S. The van der Waals surface area contributed by atoms with E-state index in [1.165, 1.54) is 21.3 Å². The Hall–Kier alpha value is -3.80. The molecule has 0 saturated carbocycles. The number of aromatic nitrogens is 2. The second kappa shape index (κ2) is 11.1. The highest BCUT2D eigenvalue weighted by atomic mass is 32.2. The van der Waals surface area contributed by atoms with Crippen LogP contribution in [0.4, 0.5) is 5.82 Å². The molecule has 4 rings (SSSR count). The average molecular weight is 524 g/mol. The van der Waals surface area contributed by atoms with E-state index >= 15 is 0 Å². The Balaban J connectivity index is 1.46. The van der Waals surface area contributed by atoms with Crippen LogP contribution in [0.3, 0.4) is 0 Å². The van der Waals surface area contributed by atoms with Crippen molar-refractivity contribution >= 4 is 27.7 Å². The first-order valence-electron chi connectivity index (χ1n) is 11.8. The zero-order valence-corrected chi connectivity index (χ0v) is 21.3. The molecule has 0 amide bonds. The molecule has 0 radical (unpaired) electrons. The zero-order valence-electron chi connectivity index (χ0n) is 20.5. The van der Waals surface area contributed by atoms with Gasteiger partial charge in [-0.1, -0.05) is 60.7 Å². The van der Waals surface area contributed by atoms with Crippen LogP contribution in [0.1, 0.15) is 21.5 Å². The van der Waals surface area contributed by atoms with Crippen molar-refractivity contribution in [1.29, 1.82) is 0 Å². The summed E-state index contributed by atoms with van der Waals surface area (Å²) in [7, 11) is -2.30. The molecule has 37 heavy (non-hydrogen) atoms. The maximum Gasteiger partial charge on any atom is 0.332 e. The van der Waals surface area contributed by atoms with Gasteiger partial charge < -0.3 is 5.73 Å². The monoisotopic (exact) mass is 523 g/mol. The maximum absolute atomic E-state index is 13.2. The third-order valence-corrected chi connectivity index (χ3v) is 7.90. The molecule has 1 aliphatic heterocycles. The minimum atomic E-state index is -3.62. The summed E-state index contributed by atoms with van der Waals surface area (Å²) in [5, 5.41) is 1.18. The molecule has 1 aromatic heterocycles. The fraction of sp³-hybridized carbons (Fsp3) is 0.269. The van der Waals surface area contributed by atoms with Gasteiger partial charge in [-0.15, -0.1) is 0 Å². The summed E-state index contributed by atoms with van der Waals surface area (Å²) in [6.07, 6.45) is 1.55. The molecule has 2 N–H and O–H groups in total. The number of piperazine rings is 1. The zero-order chi connectivity index (χ0) is 26.6. The number of sulfonamides is 1. The number of nitrogens with two attached hydrogens (primary N) is 1. The minimum Gasteiger partial charge on any atom is -0.384 e. The van der Waals surface area contributed by atoms with Crippen LogP contribution >= 0.6 is 0 Å². The van der Waals surface area contributed by atoms with Gasteiger partial charge in [0.15, 0.2) is 5.78 Å². The summed E-state index contributed by atoms with van der Waals surface area (Å²) >= 11 is 0. The molecular weight excluding hydrogens is 494 g/mol. The topological polar surface area (TPSA) is 128 Å². The number of carbonyl (C=O) groups excluding carboxylic acids is 1. The predicted octanol–water partition coefficient (Wildman–Crippen LogP) is 0.979. The number of nitrogens with zero attached hydrogens (tertiary/aromatic N) is 4. The number of nitrogen functional groups attached to an aromatic ring is 1. The Bertz CT molecular complexity index is 1520. The number of hydrogen-bond donors (Lipinski definition) is 1. The molecule has 11 heteroatoms. The molecule has 0 bridgehead atoms. The van der Waals surface area contributed by atoms with Crippen molar-refractivity contribution in [2.45, 2.75) is 6.54 Å². The van der Waals surface area contributed by atoms with Gasteiger partial charge in [-0.25, -0.2) is 13.2 Å². The molecule has 194 valence electrons. The second-order valence-corrected chi connectivity index (χ2v) is 10.7. The maximum atomic E-state index is 13.2. The first-order valence-corrected chi connectivity index (χ1v) is 13.3. The number of hydrogen-bond acceptors (Lipinski definition) is 7. The molecule has 1 aliphatic rings. The van der Waals surface area contributed by atoms with Crippen LogP contribution in [0, 0.1) is 0 Å². The van der Waals surface area contributed by atoms with Crippen LogP contribution in [0.25, 0.3) is 6.08 Å². The molecule has 0 atom stereocenters. The van der Waals surface area contributed by atoms with Crippen LogP contribution in [0.15, 0.2) is 75.7 Å². The van der Waals surface area contributed by atoms with E-state index in [1.54, 1.807) is 11.0 Å². The van der Waals surface area contributed by atoms with E-state index in [2.05, 4.69) is 0 Å². The smallest absolute Gasteiger partial charge is 0.332 e. The fourth-order valence-electron chi connectivity index (χ4n) is 4.20. The van der Waals surface area contributed by atoms with Crippen LogP contribution in [-0.2, 0) is 23.6 Å². The van der Waals surface area contributed by atoms with Crippen molar-refractivity contribution < 1.29 is 13.2 Å². The lowest BCUT2D eigenvalue weighted by Gasteiger charge is -2.32. The number of benzene rings is 2. The van der Waals surface area contributed by atoms with Gasteiger partial charge in [0.25, 0.3) is 5.56 Å². The van der Waals surface area contributed by atoms with E-state index in [4.69, 9.17) is 5.73 Å². The summed E-state index contributed by atoms with van der Waals surface area (Å²) in [4.78, 5) is 40.5. The molecule has 10 nitrogen and oxygen atoms in total. The number of Topliss-reactive ketones (excluding diaryl/α,β-unsaturated/α-hetero) is 1. The molecule has 0 unspecified atom stereocenters. The summed E-state index contributed by atoms with van der Waals surface area (Å²) in [5.74, 6) is -0.686. The largest absolute Gasteiger partial charge is 0.384 e. The van der Waals surface area contributed by atoms with Gasteiger partial charge in [0.1, 0.15) is 11.4 Å². The van der Waals surface area contributed by atoms with E-state index in [9.17, 15) is 22.8 Å². The lowest BCUT2D eigenvalue weighted by atomic mass is 10.1. The van der Waals surface area contributed by atoms with Gasteiger partial charge in [0, 0.05) is 38.6 Å².